The quantitative estimate of drug-likeness (QED) is 0.749. The Labute approximate surface area is 162 Å². The van der Waals surface area contributed by atoms with Gasteiger partial charge >= 0.3 is 0 Å². The molecular formula is C21H22N4O3. The third-order valence-electron chi connectivity index (χ3n) is 5.06. The lowest BCUT2D eigenvalue weighted by Gasteiger charge is -2.20. The second-order valence-electron chi connectivity index (χ2n) is 7.08. The number of aryl methyl sites for hydroxylation is 1. The smallest absolute Gasteiger partial charge is 0.257 e. The highest BCUT2D eigenvalue weighted by molar-refractivity contribution is 6.06. The molecule has 0 unspecified atom stereocenters. The van der Waals surface area contributed by atoms with Gasteiger partial charge in [-0.2, -0.15) is 0 Å². The van der Waals surface area contributed by atoms with Crippen molar-refractivity contribution < 1.29 is 14.1 Å². The van der Waals surface area contributed by atoms with Gasteiger partial charge in [-0.1, -0.05) is 18.0 Å². The summed E-state index contributed by atoms with van der Waals surface area (Å²) in [5, 5.41) is 7.39. The van der Waals surface area contributed by atoms with Gasteiger partial charge in [0.05, 0.1) is 16.6 Å². The summed E-state index contributed by atoms with van der Waals surface area (Å²) in [5.74, 6) is -0.223. The molecule has 0 radical (unpaired) electrons. The van der Waals surface area contributed by atoms with Crippen molar-refractivity contribution >= 4 is 28.6 Å². The van der Waals surface area contributed by atoms with Crippen molar-refractivity contribution in [2.24, 2.45) is 0 Å². The molecule has 2 amide bonds. The third kappa shape index (κ3) is 3.74. The van der Waals surface area contributed by atoms with Crippen LogP contribution in [0.3, 0.4) is 0 Å². The summed E-state index contributed by atoms with van der Waals surface area (Å²) < 4.78 is 5.07. The maximum Gasteiger partial charge on any atom is 0.257 e. The number of rotatable bonds is 3. The number of amides is 2. The minimum atomic E-state index is -0.276. The first kappa shape index (κ1) is 18.2. The highest BCUT2D eigenvalue weighted by Crippen LogP contribution is 2.19. The van der Waals surface area contributed by atoms with E-state index in [0.29, 0.717) is 33.6 Å². The molecule has 4 rings (SSSR count). The Morgan fingerprint density at radius 2 is 1.75 bits per heavy atom. The summed E-state index contributed by atoms with van der Waals surface area (Å²) in [4.78, 5) is 31.2. The van der Waals surface area contributed by atoms with Crippen molar-refractivity contribution in [3.05, 3.63) is 53.3 Å². The topological polar surface area (TPSA) is 88.3 Å². The van der Waals surface area contributed by atoms with Crippen LogP contribution >= 0.6 is 0 Å². The Hall–Kier alpha value is -3.22. The van der Waals surface area contributed by atoms with Crippen molar-refractivity contribution in [2.45, 2.75) is 32.6 Å². The minimum Gasteiger partial charge on any atom is -0.339 e. The van der Waals surface area contributed by atoms with E-state index in [2.05, 4.69) is 15.5 Å². The largest absolute Gasteiger partial charge is 0.339 e. The predicted molar refractivity (Wildman–Crippen MR) is 105 cm³/mol. The van der Waals surface area contributed by atoms with Crippen molar-refractivity contribution in [1.29, 1.82) is 0 Å². The van der Waals surface area contributed by atoms with Crippen molar-refractivity contribution in [2.75, 3.05) is 18.4 Å². The number of carbonyl (C=O) groups is 2. The fourth-order valence-electron chi connectivity index (χ4n) is 3.42. The molecule has 1 saturated heterocycles. The van der Waals surface area contributed by atoms with Crippen LogP contribution in [0.4, 0.5) is 5.69 Å². The van der Waals surface area contributed by atoms with Gasteiger partial charge in [0, 0.05) is 30.5 Å². The van der Waals surface area contributed by atoms with Gasteiger partial charge in [-0.3, -0.25) is 9.59 Å². The SMILES string of the molecule is Cc1noc2ncc(C(=O)Nc3ccc(C(=O)N4CCCCCC4)cc3)cc12. The monoisotopic (exact) mass is 378 g/mol. The molecule has 144 valence electrons. The molecule has 1 fully saturated rings. The number of likely N-dealkylation sites (tertiary alicyclic amines) is 1. The van der Waals surface area contributed by atoms with Crippen LogP contribution in [0, 0.1) is 6.92 Å². The van der Waals surface area contributed by atoms with E-state index in [1.807, 2.05) is 4.90 Å². The molecule has 0 aliphatic carbocycles. The zero-order valence-electron chi connectivity index (χ0n) is 15.8. The average Bonchev–Trinajstić information content (AvgIpc) is 2.92. The summed E-state index contributed by atoms with van der Waals surface area (Å²) in [5.41, 5.74) is 2.78. The number of hydrogen-bond donors (Lipinski definition) is 1. The van der Waals surface area contributed by atoms with Gasteiger partial charge in [0.15, 0.2) is 0 Å². The predicted octanol–water partition coefficient (Wildman–Crippen LogP) is 3.80. The van der Waals surface area contributed by atoms with Crippen LogP contribution in [0.5, 0.6) is 0 Å². The number of benzene rings is 1. The molecule has 2 aromatic heterocycles. The number of aromatic nitrogens is 2. The van der Waals surface area contributed by atoms with Gasteiger partial charge in [0.25, 0.3) is 17.5 Å². The molecule has 1 aliphatic heterocycles. The van der Waals surface area contributed by atoms with Crippen LogP contribution in [-0.4, -0.2) is 39.9 Å². The standard InChI is InChI=1S/C21H22N4O3/c1-14-18-12-16(13-22-20(18)28-24-14)19(26)23-17-8-6-15(7-9-17)21(27)25-10-4-2-3-5-11-25/h6-9,12-13H,2-5,10-11H2,1H3,(H,23,26). The van der Waals surface area contributed by atoms with Gasteiger partial charge in [-0.05, 0) is 50.1 Å². The highest BCUT2D eigenvalue weighted by Gasteiger charge is 2.17. The Morgan fingerprint density at radius 1 is 1.04 bits per heavy atom. The van der Waals surface area contributed by atoms with E-state index in [-0.39, 0.29) is 11.8 Å². The molecule has 7 heteroatoms. The molecular weight excluding hydrogens is 356 g/mol. The van der Waals surface area contributed by atoms with E-state index in [0.717, 1.165) is 25.9 Å². The minimum absolute atomic E-state index is 0.0531. The van der Waals surface area contributed by atoms with Gasteiger partial charge in [0.1, 0.15) is 0 Å². The zero-order valence-corrected chi connectivity index (χ0v) is 15.8. The molecule has 1 N–H and O–H groups in total. The molecule has 28 heavy (non-hydrogen) atoms. The van der Waals surface area contributed by atoms with Gasteiger partial charge in [0.2, 0.25) is 0 Å². The number of hydrogen-bond acceptors (Lipinski definition) is 5. The number of nitrogens with one attached hydrogen (secondary N) is 1. The lowest BCUT2D eigenvalue weighted by atomic mass is 10.1. The molecule has 1 aliphatic rings. The fourth-order valence-corrected chi connectivity index (χ4v) is 3.42. The Balaban J connectivity index is 1.45. The second-order valence-corrected chi connectivity index (χ2v) is 7.08. The average molecular weight is 378 g/mol. The first-order chi connectivity index (χ1) is 13.6. The van der Waals surface area contributed by atoms with Crippen molar-refractivity contribution in [3.63, 3.8) is 0 Å². The summed E-state index contributed by atoms with van der Waals surface area (Å²) in [7, 11) is 0. The van der Waals surface area contributed by atoms with Gasteiger partial charge in [-0.15, -0.1) is 0 Å². The van der Waals surface area contributed by atoms with E-state index >= 15 is 0 Å². The molecule has 0 bridgehead atoms. The van der Waals surface area contributed by atoms with Crippen LogP contribution in [0.15, 0.2) is 41.1 Å². The van der Waals surface area contributed by atoms with E-state index in [1.165, 1.54) is 19.0 Å². The summed E-state index contributed by atoms with van der Waals surface area (Å²) in [6.45, 7) is 3.43. The third-order valence-corrected chi connectivity index (χ3v) is 5.06. The van der Waals surface area contributed by atoms with Crippen LogP contribution in [0.2, 0.25) is 0 Å². The Kier molecular flexibility index (Phi) is 5.06. The normalized spacial score (nSPS) is 14.7. The van der Waals surface area contributed by atoms with E-state index in [1.54, 1.807) is 37.3 Å². The maximum atomic E-state index is 12.7. The summed E-state index contributed by atoms with van der Waals surface area (Å²) >= 11 is 0. The number of nitrogens with zero attached hydrogens (tertiary/aromatic N) is 3. The van der Waals surface area contributed by atoms with Crippen LogP contribution in [0.25, 0.3) is 11.1 Å². The first-order valence-electron chi connectivity index (χ1n) is 9.54. The number of pyridine rings is 1. The fraction of sp³-hybridized carbons (Fsp3) is 0.333. The molecule has 7 nitrogen and oxygen atoms in total. The van der Waals surface area contributed by atoms with Crippen molar-refractivity contribution in [3.8, 4) is 0 Å². The van der Waals surface area contributed by atoms with E-state index < -0.39 is 0 Å². The number of anilines is 1. The zero-order chi connectivity index (χ0) is 19.5. The first-order valence-corrected chi connectivity index (χ1v) is 9.54. The van der Waals surface area contributed by atoms with E-state index in [9.17, 15) is 9.59 Å². The van der Waals surface area contributed by atoms with Crippen LogP contribution < -0.4 is 5.32 Å². The molecule has 3 heterocycles. The summed E-state index contributed by atoms with van der Waals surface area (Å²) in [6.07, 6.45) is 5.95. The second kappa shape index (κ2) is 7.80. The molecule has 3 aromatic rings. The van der Waals surface area contributed by atoms with Gasteiger partial charge in [-0.25, -0.2) is 4.98 Å². The molecule has 1 aromatic carbocycles. The van der Waals surface area contributed by atoms with Crippen LogP contribution in [0.1, 0.15) is 52.1 Å². The Morgan fingerprint density at radius 3 is 2.46 bits per heavy atom. The number of fused-ring (bicyclic) bond motifs is 1. The van der Waals surface area contributed by atoms with E-state index in [4.69, 9.17) is 4.52 Å². The lowest BCUT2D eigenvalue weighted by molar-refractivity contribution is 0.0761. The molecule has 0 saturated carbocycles. The summed E-state index contributed by atoms with van der Waals surface area (Å²) in [6, 6.07) is 8.72. The van der Waals surface area contributed by atoms with Gasteiger partial charge < -0.3 is 14.7 Å². The molecule has 0 atom stereocenters. The maximum absolute atomic E-state index is 12.7. The highest BCUT2D eigenvalue weighted by atomic mass is 16.5. The van der Waals surface area contributed by atoms with Crippen molar-refractivity contribution in [1.82, 2.24) is 15.0 Å². The molecule has 0 spiro atoms. The number of carbonyl (C=O) groups excluding carboxylic acids is 2. The van der Waals surface area contributed by atoms with Crippen LogP contribution in [-0.2, 0) is 0 Å². The lowest BCUT2D eigenvalue weighted by Crippen LogP contribution is -2.31. The Bertz CT molecular complexity index is 1000.